The van der Waals surface area contributed by atoms with Gasteiger partial charge in [-0.2, -0.15) is 0 Å². The molecule has 3 aliphatic rings. The largest absolute Gasteiger partial charge is 0.313 e. The minimum Gasteiger partial charge on any atom is -0.313 e. The van der Waals surface area contributed by atoms with Gasteiger partial charge >= 0.3 is 0 Å². The molecule has 0 aromatic heterocycles. The zero-order valence-electron chi connectivity index (χ0n) is 14.9. The summed E-state index contributed by atoms with van der Waals surface area (Å²) in [6.07, 6.45) is 3.77. The number of fused-ring (bicyclic) bond motifs is 2. The number of hydrogen-bond acceptors (Lipinski definition) is 2. The molecule has 1 aliphatic heterocycles. The van der Waals surface area contributed by atoms with Crippen LogP contribution in [-0.2, 0) is 19.4 Å². The first-order valence-electron chi connectivity index (χ1n) is 9.93. The van der Waals surface area contributed by atoms with Crippen molar-refractivity contribution in [3.8, 4) is 0 Å². The van der Waals surface area contributed by atoms with E-state index in [2.05, 4.69) is 64.8 Å². The second kappa shape index (κ2) is 6.59. The zero-order valence-corrected chi connectivity index (χ0v) is 14.9. The van der Waals surface area contributed by atoms with Crippen molar-refractivity contribution < 1.29 is 0 Å². The predicted molar refractivity (Wildman–Crippen MR) is 102 cm³/mol. The third-order valence-electron chi connectivity index (χ3n) is 6.69. The summed E-state index contributed by atoms with van der Waals surface area (Å²) in [4.78, 5) is 2.65. The van der Waals surface area contributed by atoms with Gasteiger partial charge in [-0.25, -0.2) is 0 Å². The first-order valence-corrected chi connectivity index (χ1v) is 9.93. The fourth-order valence-electron chi connectivity index (χ4n) is 5.18. The molecule has 0 spiro atoms. The lowest BCUT2D eigenvalue weighted by molar-refractivity contribution is 0.272. The third kappa shape index (κ3) is 3.26. The van der Waals surface area contributed by atoms with Gasteiger partial charge < -0.3 is 5.32 Å². The van der Waals surface area contributed by atoms with Crippen molar-refractivity contribution >= 4 is 0 Å². The average Bonchev–Trinajstić information content (AvgIpc) is 3.12. The van der Waals surface area contributed by atoms with Crippen LogP contribution in [0.1, 0.15) is 23.1 Å². The normalized spacial score (nSPS) is 30.7. The summed E-state index contributed by atoms with van der Waals surface area (Å²) in [6.45, 7) is 4.98. The molecule has 2 aromatic rings. The molecule has 1 saturated heterocycles. The molecular formula is C23H28N2. The van der Waals surface area contributed by atoms with Crippen LogP contribution in [0, 0.1) is 17.8 Å². The number of benzene rings is 2. The van der Waals surface area contributed by atoms with Crippen molar-refractivity contribution in [3.63, 3.8) is 0 Å². The Morgan fingerprint density at radius 2 is 1.60 bits per heavy atom. The van der Waals surface area contributed by atoms with Gasteiger partial charge in [0.25, 0.3) is 0 Å². The number of aryl methyl sites for hydroxylation is 1. The molecule has 1 N–H and O–H groups in total. The molecule has 0 amide bonds. The fraction of sp³-hybridized carbons (Fsp3) is 0.478. The van der Waals surface area contributed by atoms with Crippen molar-refractivity contribution in [1.29, 1.82) is 0 Å². The number of likely N-dealkylation sites (tertiary alicyclic amines) is 1. The SMILES string of the molecule is c1ccc(CN2CC3C(CNC4CCc5ccccc5C4)C3C2)cc1. The van der Waals surface area contributed by atoms with Gasteiger partial charge in [0.15, 0.2) is 0 Å². The quantitative estimate of drug-likeness (QED) is 0.901. The van der Waals surface area contributed by atoms with Crippen LogP contribution in [0.25, 0.3) is 0 Å². The molecule has 25 heavy (non-hydrogen) atoms. The smallest absolute Gasteiger partial charge is 0.0233 e. The van der Waals surface area contributed by atoms with Crippen molar-refractivity contribution in [2.45, 2.75) is 31.8 Å². The van der Waals surface area contributed by atoms with Crippen LogP contribution in [0.15, 0.2) is 54.6 Å². The molecule has 5 rings (SSSR count). The van der Waals surface area contributed by atoms with E-state index in [-0.39, 0.29) is 0 Å². The molecule has 2 aliphatic carbocycles. The molecular weight excluding hydrogens is 304 g/mol. The Kier molecular flexibility index (Phi) is 4.11. The van der Waals surface area contributed by atoms with Gasteiger partial charge in [-0.3, -0.25) is 4.90 Å². The summed E-state index contributed by atoms with van der Waals surface area (Å²) in [5.41, 5.74) is 4.59. The van der Waals surface area contributed by atoms with Crippen LogP contribution >= 0.6 is 0 Å². The van der Waals surface area contributed by atoms with E-state index in [0.29, 0.717) is 6.04 Å². The van der Waals surface area contributed by atoms with Gasteiger partial charge in [-0.05, 0) is 60.3 Å². The molecule has 0 radical (unpaired) electrons. The highest BCUT2D eigenvalue weighted by Crippen LogP contribution is 2.51. The highest BCUT2D eigenvalue weighted by molar-refractivity contribution is 5.30. The maximum atomic E-state index is 3.90. The molecule has 130 valence electrons. The maximum absolute atomic E-state index is 3.90. The average molecular weight is 332 g/mol. The lowest BCUT2D eigenvalue weighted by Gasteiger charge is -2.26. The van der Waals surface area contributed by atoms with Crippen molar-refractivity contribution in [2.24, 2.45) is 17.8 Å². The fourth-order valence-corrected chi connectivity index (χ4v) is 5.18. The lowest BCUT2D eigenvalue weighted by atomic mass is 9.88. The van der Waals surface area contributed by atoms with Gasteiger partial charge in [-0.1, -0.05) is 54.6 Å². The molecule has 3 unspecified atom stereocenters. The molecule has 2 aromatic carbocycles. The molecule has 1 heterocycles. The number of nitrogens with zero attached hydrogens (tertiary/aromatic N) is 1. The molecule has 2 fully saturated rings. The summed E-state index contributed by atoms with van der Waals surface area (Å²) in [6, 6.07) is 20.6. The van der Waals surface area contributed by atoms with Crippen LogP contribution < -0.4 is 5.32 Å². The van der Waals surface area contributed by atoms with E-state index in [4.69, 9.17) is 0 Å². The van der Waals surface area contributed by atoms with Crippen LogP contribution in [0.4, 0.5) is 0 Å². The number of hydrogen-bond donors (Lipinski definition) is 1. The second-order valence-electron chi connectivity index (χ2n) is 8.29. The summed E-state index contributed by atoms with van der Waals surface area (Å²) in [7, 11) is 0. The van der Waals surface area contributed by atoms with Crippen LogP contribution in [0.3, 0.4) is 0 Å². The highest BCUT2D eigenvalue weighted by Gasteiger charge is 2.54. The Labute approximate surface area is 151 Å². The van der Waals surface area contributed by atoms with Gasteiger partial charge in [0, 0.05) is 25.7 Å². The van der Waals surface area contributed by atoms with E-state index in [1.165, 1.54) is 44.5 Å². The van der Waals surface area contributed by atoms with Crippen molar-refractivity contribution in [1.82, 2.24) is 10.2 Å². The first-order chi connectivity index (χ1) is 12.4. The summed E-state index contributed by atoms with van der Waals surface area (Å²) in [5, 5.41) is 3.90. The first kappa shape index (κ1) is 15.6. The van der Waals surface area contributed by atoms with Crippen molar-refractivity contribution in [3.05, 3.63) is 71.3 Å². The Morgan fingerprint density at radius 1 is 0.880 bits per heavy atom. The van der Waals surface area contributed by atoms with E-state index in [0.717, 1.165) is 24.3 Å². The van der Waals surface area contributed by atoms with Crippen LogP contribution in [-0.4, -0.2) is 30.6 Å². The Hall–Kier alpha value is -1.64. The molecule has 0 bridgehead atoms. The van der Waals surface area contributed by atoms with E-state index < -0.39 is 0 Å². The summed E-state index contributed by atoms with van der Waals surface area (Å²) in [5.74, 6) is 2.84. The Balaban J connectivity index is 1.08. The van der Waals surface area contributed by atoms with Crippen LogP contribution in [0.5, 0.6) is 0 Å². The third-order valence-corrected chi connectivity index (χ3v) is 6.69. The topological polar surface area (TPSA) is 15.3 Å². The number of nitrogens with one attached hydrogen (secondary N) is 1. The van der Waals surface area contributed by atoms with Crippen molar-refractivity contribution in [2.75, 3.05) is 19.6 Å². The minimum atomic E-state index is 0.691. The summed E-state index contributed by atoms with van der Waals surface area (Å²) < 4.78 is 0. The Morgan fingerprint density at radius 3 is 2.40 bits per heavy atom. The van der Waals surface area contributed by atoms with Gasteiger partial charge in [0.1, 0.15) is 0 Å². The number of piperidine rings is 1. The molecule has 2 nitrogen and oxygen atoms in total. The monoisotopic (exact) mass is 332 g/mol. The van der Waals surface area contributed by atoms with E-state index in [1.807, 2.05) is 0 Å². The number of rotatable bonds is 5. The van der Waals surface area contributed by atoms with Gasteiger partial charge in [-0.15, -0.1) is 0 Å². The predicted octanol–water partition coefficient (Wildman–Crippen LogP) is 3.51. The van der Waals surface area contributed by atoms with E-state index in [9.17, 15) is 0 Å². The standard InChI is InChI=1S/C23H28N2/c1-2-6-17(7-3-1)14-25-15-22-21(23(22)16-25)13-24-20-11-10-18-8-4-5-9-19(18)12-20/h1-9,20-24H,10-16H2. The van der Waals surface area contributed by atoms with Gasteiger partial charge in [0.2, 0.25) is 0 Å². The Bertz CT molecular complexity index is 714. The zero-order chi connectivity index (χ0) is 16.6. The maximum Gasteiger partial charge on any atom is 0.0233 e. The minimum absolute atomic E-state index is 0.691. The molecule has 1 saturated carbocycles. The van der Waals surface area contributed by atoms with Gasteiger partial charge in [0.05, 0.1) is 0 Å². The highest BCUT2D eigenvalue weighted by atomic mass is 15.2. The van der Waals surface area contributed by atoms with E-state index in [1.54, 1.807) is 11.1 Å². The van der Waals surface area contributed by atoms with Crippen LogP contribution in [0.2, 0.25) is 0 Å². The summed E-state index contributed by atoms with van der Waals surface area (Å²) >= 11 is 0. The molecule has 3 atom stereocenters. The van der Waals surface area contributed by atoms with E-state index >= 15 is 0 Å². The lowest BCUT2D eigenvalue weighted by Crippen LogP contribution is -2.37. The molecule has 2 heteroatoms. The second-order valence-corrected chi connectivity index (χ2v) is 8.29.